The van der Waals surface area contributed by atoms with Crippen LogP contribution < -0.4 is 0 Å². The highest BCUT2D eigenvalue weighted by atomic mass is 16.5. The monoisotopic (exact) mass is 417 g/mol. The van der Waals surface area contributed by atoms with Gasteiger partial charge in [0.25, 0.3) is 0 Å². The topological polar surface area (TPSA) is 50.4 Å². The molecule has 3 aliphatic carbocycles. The van der Waals surface area contributed by atoms with Crippen LogP contribution >= 0.6 is 0 Å². The van der Waals surface area contributed by atoms with E-state index in [1.54, 1.807) is 0 Å². The zero-order valence-corrected chi connectivity index (χ0v) is 19.3. The standard InChI is InChI=1S/C25H43N3O2/c1-3-4-13-28(2)15-23-14-26-27-24(23)22-9-11-25(12-10-22,18-29-16-20-5-6-20)19-30-17-21-7-8-21/h14,20-22H,3-13,15-19H2,1-2H3,(H,26,27). The van der Waals surface area contributed by atoms with E-state index >= 15 is 0 Å². The van der Waals surface area contributed by atoms with E-state index in [0.29, 0.717) is 5.92 Å². The van der Waals surface area contributed by atoms with Gasteiger partial charge >= 0.3 is 0 Å². The van der Waals surface area contributed by atoms with Gasteiger partial charge in [0.05, 0.1) is 19.4 Å². The largest absolute Gasteiger partial charge is 0.380 e. The van der Waals surface area contributed by atoms with Crippen LogP contribution in [0.3, 0.4) is 0 Å². The summed E-state index contributed by atoms with van der Waals surface area (Å²) in [5.74, 6) is 2.27. The summed E-state index contributed by atoms with van der Waals surface area (Å²) in [4.78, 5) is 2.43. The molecule has 0 amide bonds. The van der Waals surface area contributed by atoms with Gasteiger partial charge in [0.15, 0.2) is 0 Å². The Morgan fingerprint density at radius 3 is 2.23 bits per heavy atom. The lowest BCUT2D eigenvalue weighted by molar-refractivity contribution is -0.0490. The van der Waals surface area contributed by atoms with Gasteiger partial charge in [-0.3, -0.25) is 5.10 Å². The van der Waals surface area contributed by atoms with Crippen LogP contribution in [0.25, 0.3) is 0 Å². The maximum atomic E-state index is 6.21. The van der Waals surface area contributed by atoms with Crippen molar-refractivity contribution < 1.29 is 9.47 Å². The number of unbranched alkanes of at least 4 members (excludes halogenated alkanes) is 1. The van der Waals surface area contributed by atoms with Crippen molar-refractivity contribution in [3.63, 3.8) is 0 Å². The van der Waals surface area contributed by atoms with Crippen molar-refractivity contribution in [2.45, 2.75) is 83.6 Å². The molecule has 0 aliphatic heterocycles. The van der Waals surface area contributed by atoms with Crippen molar-refractivity contribution in [3.05, 3.63) is 17.5 Å². The number of H-pyrrole nitrogens is 1. The minimum Gasteiger partial charge on any atom is -0.380 e. The number of aromatic amines is 1. The zero-order valence-electron chi connectivity index (χ0n) is 19.3. The smallest absolute Gasteiger partial charge is 0.0544 e. The Bertz CT molecular complexity index is 610. The SMILES string of the molecule is CCCCN(C)Cc1cn[nH]c1C1CCC(COCC2CC2)(COCC2CC2)CC1. The molecule has 30 heavy (non-hydrogen) atoms. The summed E-state index contributed by atoms with van der Waals surface area (Å²) in [6, 6.07) is 0. The van der Waals surface area contributed by atoms with Gasteiger partial charge in [-0.15, -0.1) is 0 Å². The molecule has 0 atom stereocenters. The van der Waals surface area contributed by atoms with Gasteiger partial charge in [-0.2, -0.15) is 5.10 Å². The first-order chi connectivity index (χ1) is 14.7. The van der Waals surface area contributed by atoms with Crippen molar-refractivity contribution in [2.75, 3.05) is 40.0 Å². The number of aromatic nitrogens is 2. The highest BCUT2D eigenvalue weighted by molar-refractivity contribution is 5.21. The van der Waals surface area contributed by atoms with Gasteiger partial charge in [-0.25, -0.2) is 0 Å². The molecule has 170 valence electrons. The summed E-state index contributed by atoms with van der Waals surface area (Å²) < 4.78 is 12.4. The second-order valence-corrected chi connectivity index (χ2v) is 10.6. The second-order valence-electron chi connectivity index (χ2n) is 10.6. The lowest BCUT2D eigenvalue weighted by Gasteiger charge is -2.40. The van der Waals surface area contributed by atoms with E-state index < -0.39 is 0 Å². The highest BCUT2D eigenvalue weighted by Gasteiger charge is 2.38. The molecule has 5 heteroatoms. The van der Waals surface area contributed by atoms with E-state index in [2.05, 4.69) is 35.3 Å². The number of rotatable bonds is 14. The lowest BCUT2D eigenvalue weighted by Crippen LogP contribution is -2.37. The Morgan fingerprint density at radius 1 is 1.03 bits per heavy atom. The molecule has 1 aromatic heterocycles. The van der Waals surface area contributed by atoms with E-state index in [1.807, 2.05) is 0 Å². The number of hydrogen-bond donors (Lipinski definition) is 1. The summed E-state index contributed by atoms with van der Waals surface area (Å²) in [5, 5.41) is 7.78. The third-order valence-corrected chi connectivity index (χ3v) is 7.46. The molecular formula is C25H43N3O2. The minimum atomic E-state index is 0.221. The maximum Gasteiger partial charge on any atom is 0.0544 e. The highest BCUT2D eigenvalue weighted by Crippen LogP contribution is 2.44. The molecule has 3 saturated carbocycles. The van der Waals surface area contributed by atoms with Crippen LogP contribution in [0.1, 0.15) is 88.3 Å². The molecule has 0 unspecified atom stereocenters. The molecule has 0 bridgehead atoms. The van der Waals surface area contributed by atoms with Crippen LogP contribution in [0.5, 0.6) is 0 Å². The van der Waals surface area contributed by atoms with Crippen molar-refractivity contribution in [1.82, 2.24) is 15.1 Å². The Labute approximate surface area is 183 Å². The number of nitrogens with zero attached hydrogens (tertiary/aromatic N) is 2. The van der Waals surface area contributed by atoms with E-state index in [0.717, 1.165) is 51.4 Å². The summed E-state index contributed by atoms with van der Waals surface area (Å²) in [6.45, 7) is 8.11. The van der Waals surface area contributed by atoms with Crippen molar-refractivity contribution in [3.8, 4) is 0 Å². The molecule has 3 fully saturated rings. The molecule has 0 aromatic carbocycles. The van der Waals surface area contributed by atoms with Crippen molar-refractivity contribution in [2.24, 2.45) is 17.3 Å². The predicted molar refractivity (Wildman–Crippen MR) is 121 cm³/mol. The number of nitrogens with one attached hydrogen (secondary N) is 1. The van der Waals surface area contributed by atoms with Crippen LogP contribution in [-0.4, -0.2) is 55.1 Å². The normalized spacial score (nSPS) is 22.1. The van der Waals surface area contributed by atoms with E-state index in [1.165, 1.54) is 75.5 Å². The molecule has 0 radical (unpaired) electrons. The summed E-state index contributed by atoms with van der Waals surface area (Å²) >= 11 is 0. The van der Waals surface area contributed by atoms with Gasteiger partial charge in [0.1, 0.15) is 0 Å². The maximum absolute atomic E-state index is 6.21. The molecule has 1 N–H and O–H groups in total. The van der Waals surface area contributed by atoms with Crippen LogP contribution in [0.2, 0.25) is 0 Å². The molecular weight excluding hydrogens is 374 g/mol. The van der Waals surface area contributed by atoms with Gasteiger partial charge < -0.3 is 14.4 Å². The number of hydrogen-bond acceptors (Lipinski definition) is 4. The fourth-order valence-corrected chi connectivity index (χ4v) is 4.90. The molecule has 0 spiro atoms. The molecule has 4 rings (SSSR count). The summed E-state index contributed by atoms with van der Waals surface area (Å²) in [7, 11) is 2.23. The molecule has 3 aliphatic rings. The van der Waals surface area contributed by atoms with Crippen molar-refractivity contribution >= 4 is 0 Å². The third kappa shape index (κ3) is 6.54. The summed E-state index contributed by atoms with van der Waals surface area (Å²) in [5.41, 5.74) is 2.99. The van der Waals surface area contributed by atoms with Gasteiger partial charge in [0.2, 0.25) is 0 Å². The average Bonchev–Trinajstić information content (AvgIpc) is 3.68. The minimum absolute atomic E-state index is 0.221. The van der Waals surface area contributed by atoms with Crippen LogP contribution in [0.15, 0.2) is 6.20 Å². The molecule has 1 aromatic rings. The predicted octanol–water partition coefficient (Wildman–Crippen LogP) is 5.14. The van der Waals surface area contributed by atoms with Crippen LogP contribution in [-0.2, 0) is 16.0 Å². The first-order valence-corrected chi connectivity index (χ1v) is 12.5. The van der Waals surface area contributed by atoms with Crippen LogP contribution in [0.4, 0.5) is 0 Å². The van der Waals surface area contributed by atoms with Gasteiger partial charge in [-0.05, 0) is 83.2 Å². The average molecular weight is 418 g/mol. The Hall–Kier alpha value is -0.910. The lowest BCUT2D eigenvalue weighted by atomic mass is 9.70. The zero-order chi connectivity index (χ0) is 20.8. The molecule has 0 saturated heterocycles. The first-order valence-electron chi connectivity index (χ1n) is 12.5. The van der Waals surface area contributed by atoms with Gasteiger partial charge in [-0.1, -0.05) is 13.3 Å². The van der Waals surface area contributed by atoms with E-state index in [-0.39, 0.29) is 5.41 Å². The van der Waals surface area contributed by atoms with Crippen molar-refractivity contribution in [1.29, 1.82) is 0 Å². The van der Waals surface area contributed by atoms with Crippen LogP contribution in [0, 0.1) is 17.3 Å². The third-order valence-electron chi connectivity index (χ3n) is 7.46. The Balaban J connectivity index is 1.30. The molecule has 5 nitrogen and oxygen atoms in total. The fourth-order valence-electron chi connectivity index (χ4n) is 4.90. The van der Waals surface area contributed by atoms with Gasteiger partial charge in [0, 0.05) is 42.3 Å². The summed E-state index contributed by atoms with van der Waals surface area (Å²) in [6.07, 6.45) is 14.9. The Kier molecular flexibility index (Phi) is 7.88. The van der Waals surface area contributed by atoms with E-state index in [4.69, 9.17) is 9.47 Å². The quantitative estimate of drug-likeness (QED) is 0.455. The number of ether oxygens (including phenoxy) is 2. The molecule has 1 heterocycles. The second kappa shape index (κ2) is 10.6. The fraction of sp³-hybridized carbons (Fsp3) is 0.880. The van der Waals surface area contributed by atoms with E-state index in [9.17, 15) is 0 Å². The Morgan fingerprint density at radius 2 is 1.67 bits per heavy atom. The first kappa shape index (κ1) is 22.3.